The SMILES string of the molecule is Cc1noc(C)c1N(C)CC(O)COCc1cccs1. The van der Waals surface area contributed by atoms with Gasteiger partial charge < -0.3 is 19.3 Å². The number of aromatic nitrogens is 1. The fraction of sp³-hybridized carbons (Fsp3) is 0.500. The van der Waals surface area contributed by atoms with Gasteiger partial charge in [-0.3, -0.25) is 0 Å². The molecule has 0 saturated carbocycles. The number of aliphatic hydroxyl groups excluding tert-OH is 1. The Morgan fingerprint density at radius 1 is 1.50 bits per heavy atom. The van der Waals surface area contributed by atoms with Crippen LogP contribution < -0.4 is 4.90 Å². The maximum absolute atomic E-state index is 10.0. The molecular weight excluding hydrogens is 276 g/mol. The fourth-order valence-corrected chi connectivity index (χ4v) is 2.81. The molecule has 1 atom stereocenters. The molecule has 0 amide bonds. The lowest BCUT2D eigenvalue weighted by Crippen LogP contribution is -2.32. The molecule has 2 aromatic heterocycles. The van der Waals surface area contributed by atoms with Crippen molar-refractivity contribution in [2.45, 2.75) is 26.6 Å². The van der Waals surface area contributed by atoms with Crippen molar-refractivity contribution in [3.63, 3.8) is 0 Å². The molecule has 0 aliphatic rings. The minimum absolute atomic E-state index is 0.311. The van der Waals surface area contributed by atoms with E-state index in [1.807, 2.05) is 43.3 Å². The van der Waals surface area contributed by atoms with E-state index < -0.39 is 6.10 Å². The van der Waals surface area contributed by atoms with Gasteiger partial charge in [-0.1, -0.05) is 11.2 Å². The lowest BCUT2D eigenvalue weighted by molar-refractivity contribution is 0.0334. The third-order valence-electron chi connectivity index (χ3n) is 3.00. The standard InChI is InChI=1S/C14H20N2O3S/c1-10-14(11(2)19-15-10)16(3)7-12(17)8-18-9-13-5-4-6-20-13/h4-6,12,17H,7-9H2,1-3H3. The molecule has 0 aliphatic carbocycles. The van der Waals surface area contributed by atoms with Gasteiger partial charge in [0.05, 0.1) is 19.3 Å². The normalized spacial score (nSPS) is 12.6. The maximum Gasteiger partial charge on any atom is 0.157 e. The minimum atomic E-state index is -0.548. The van der Waals surface area contributed by atoms with E-state index in [2.05, 4.69) is 5.16 Å². The van der Waals surface area contributed by atoms with Gasteiger partial charge in [-0.2, -0.15) is 0 Å². The number of rotatable bonds is 7. The average Bonchev–Trinajstić information content (AvgIpc) is 2.99. The van der Waals surface area contributed by atoms with Gasteiger partial charge in [0.25, 0.3) is 0 Å². The first-order valence-corrected chi connectivity index (χ1v) is 7.38. The van der Waals surface area contributed by atoms with Crippen LogP contribution in [0.25, 0.3) is 0 Å². The van der Waals surface area contributed by atoms with Crippen molar-refractivity contribution in [2.24, 2.45) is 0 Å². The highest BCUT2D eigenvalue weighted by Crippen LogP contribution is 2.22. The van der Waals surface area contributed by atoms with Crippen molar-refractivity contribution >= 4 is 17.0 Å². The lowest BCUT2D eigenvalue weighted by atomic mass is 10.2. The third-order valence-corrected chi connectivity index (χ3v) is 3.85. The number of nitrogens with zero attached hydrogens (tertiary/aromatic N) is 2. The van der Waals surface area contributed by atoms with Crippen LogP contribution in [-0.4, -0.2) is 36.6 Å². The highest BCUT2D eigenvalue weighted by atomic mass is 32.1. The van der Waals surface area contributed by atoms with Crippen molar-refractivity contribution in [2.75, 3.05) is 25.1 Å². The number of ether oxygens (including phenoxy) is 1. The molecule has 0 aromatic carbocycles. The van der Waals surface area contributed by atoms with Crippen LogP contribution in [0.2, 0.25) is 0 Å². The van der Waals surface area contributed by atoms with Gasteiger partial charge in [-0.15, -0.1) is 11.3 Å². The van der Waals surface area contributed by atoms with Gasteiger partial charge in [-0.25, -0.2) is 0 Å². The first-order valence-electron chi connectivity index (χ1n) is 6.50. The number of aliphatic hydroxyl groups is 1. The van der Waals surface area contributed by atoms with Crippen molar-refractivity contribution in [1.82, 2.24) is 5.16 Å². The Hall–Kier alpha value is -1.37. The Morgan fingerprint density at radius 2 is 2.30 bits per heavy atom. The van der Waals surface area contributed by atoms with E-state index in [0.29, 0.717) is 19.8 Å². The van der Waals surface area contributed by atoms with Crippen LogP contribution in [0.3, 0.4) is 0 Å². The summed E-state index contributed by atoms with van der Waals surface area (Å²) < 4.78 is 10.6. The molecule has 0 bridgehead atoms. The highest BCUT2D eigenvalue weighted by molar-refractivity contribution is 7.09. The van der Waals surface area contributed by atoms with Crippen LogP contribution in [-0.2, 0) is 11.3 Å². The zero-order chi connectivity index (χ0) is 14.5. The van der Waals surface area contributed by atoms with Gasteiger partial charge in [-0.05, 0) is 25.3 Å². The van der Waals surface area contributed by atoms with Gasteiger partial charge in [0.2, 0.25) is 0 Å². The predicted molar refractivity (Wildman–Crippen MR) is 79.2 cm³/mol. The van der Waals surface area contributed by atoms with Crippen LogP contribution in [0.1, 0.15) is 16.3 Å². The van der Waals surface area contributed by atoms with Gasteiger partial charge >= 0.3 is 0 Å². The molecule has 6 heteroatoms. The van der Waals surface area contributed by atoms with E-state index in [1.54, 1.807) is 11.3 Å². The molecule has 0 aliphatic heterocycles. The summed E-state index contributed by atoms with van der Waals surface area (Å²) in [5.74, 6) is 0.761. The Bertz CT molecular complexity index is 505. The Morgan fingerprint density at radius 3 is 2.90 bits per heavy atom. The summed E-state index contributed by atoms with van der Waals surface area (Å²) in [6.07, 6.45) is -0.548. The number of hydrogen-bond acceptors (Lipinski definition) is 6. The second-order valence-electron chi connectivity index (χ2n) is 4.80. The Kier molecular flexibility index (Phi) is 5.17. The van der Waals surface area contributed by atoms with Crippen LogP contribution in [0.5, 0.6) is 0 Å². The van der Waals surface area contributed by atoms with E-state index in [4.69, 9.17) is 9.26 Å². The topological polar surface area (TPSA) is 58.7 Å². The molecule has 1 N–H and O–H groups in total. The molecule has 2 heterocycles. The zero-order valence-electron chi connectivity index (χ0n) is 12.0. The van der Waals surface area contributed by atoms with Crippen molar-refractivity contribution < 1.29 is 14.4 Å². The fourth-order valence-electron chi connectivity index (χ4n) is 2.17. The second kappa shape index (κ2) is 6.88. The predicted octanol–water partition coefficient (Wildman–Crippen LogP) is 2.37. The number of aryl methyl sites for hydroxylation is 2. The summed E-state index contributed by atoms with van der Waals surface area (Å²) in [6, 6.07) is 4.01. The Balaban J connectivity index is 1.78. The highest BCUT2D eigenvalue weighted by Gasteiger charge is 2.16. The number of anilines is 1. The van der Waals surface area contributed by atoms with Gasteiger partial charge in [0, 0.05) is 18.5 Å². The van der Waals surface area contributed by atoms with Crippen LogP contribution in [0.15, 0.2) is 22.0 Å². The summed E-state index contributed by atoms with van der Waals surface area (Å²) in [5, 5.41) is 15.9. The average molecular weight is 296 g/mol. The molecule has 2 aromatic rings. The zero-order valence-corrected chi connectivity index (χ0v) is 12.8. The second-order valence-corrected chi connectivity index (χ2v) is 5.83. The first kappa shape index (κ1) is 15.0. The molecule has 110 valence electrons. The maximum atomic E-state index is 10.0. The smallest absolute Gasteiger partial charge is 0.157 e. The van der Waals surface area contributed by atoms with E-state index in [1.165, 1.54) is 0 Å². The summed E-state index contributed by atoms with van der Waals surface area (Å²) in [7, 11) is 1.91. The molecule has 5 nitrogen and oxygen atoms in total. The largest absolute Gasteiger partial charge is 0.389 e. The van der Waals surface area contributed by atoms with Crippen LogP contribution >= 0.6 is 11.3 Å². The monoisotopic (exact) mass is 296 g/mol. The summed E-state index contributed by atoms with van der Waals surface area (Å²) in [5.41, 5.74) is 1.76. The number of hydrogen-bond donors (Lipinski definition) is 1. The van der Waals surface area contributed by atoms with Crippen LogP contribution in [0, 0.1) is 13.8 Å². The van der Waals surface area contributed by atoms with E-state index in [0.717, 1.165) is 22.0 Å². The summed E-state index contributed by atoms with van der Waals surface area (Å²) >= 11 is 1.65. The first-order chi connectivity index (χ1) is 9.58. The minimum Gasteiger partial charge on any atom is -0.389 e. The molecule has 2 rings (SSSR count). The number of likely N-dealkylation sites (N-methyl/N-ethyl adjacent to an activating group) is 1. The molecule has 20 heavy (non-hydrogen) atoms. The summed E-state index contributed by atoms with van der Waals surface area (Å²) in [6.45, 7) is 5.09. The molecule has 0 radical (unpaired) electrons. The number of thiophene rings is 1. The molecule has 0 fully saturated rings. The molecule has 0 spiro atoms. The van der Waals surface area contributed by atoms with Gasteiger partial charge in [0.1, 0.15) is 11.4 Å². The van der Waals surface area contributed by atoms with Crippen molar-refractivity contribution in [1.29, 1.82) is 0 Å². The Labute approximate surface area is 122 Å². The van der Waals surface area contributed by atoms with Crippen molar-refractivity contribution in [3.05, 3.63) is 33.8 Å². The molecule has 1 unspecified atom stereocenters. The summed E-state index contributed by atoms with van der Waals surface area (Å²) in [4.78, 5) is 3.11. The molecular formula is C14H20N2O3S. The van der Waals surface area contributed by atoms with E-state index in [9.17, 15) is 5.11 Å². The van der Waals surface area contributed by atoms with E-state index >= 15 is 0 Å². The lowest BCUT2D eigenvalue weighted by Gasteiger charge is -2.22. The quantitative estimate of drug-likeness (QED) is 0.850. The van der Waals surface area contributed by atoms with Crippen molar-refractivity contribution in [3.8, 4) is 0 Å². The third kappa shape index (κ3) is 3.82. The molecule has 0 saturated heterocycles. The van der Waals surface area contributed by atoms with E-state index in [-0.39, 0.29) is 0 Å². The van der Waals surface area contributed by atoms with Gasteiger partial charge in [0.15, 0.2) is 5.76 Å². The van der Waals surface area contributed by atoms with Crippen LogP contribution in [0.4, 0.5) is 5.69 Å².